The number of likely N-dealkylation sites (tertiary alicyclic amines) is 1. The molecule has 1 aliphatic heterocycles. The molecule has 1 aliphatic rings. The Balaban J connectivity index is 1.62. The van der Waals surface area contributed by atoms with E-state index in [0.717, 1.165) is 35.8 Å². The molecule has 1 saturated heterocycles. The Bertz CT molecular complexity index is 747. The van der Waals surface area contributed by atoms with E-state index in [1.807, 2.05) is 31.3 Å². The molecule has 1 aromatic heterocycles. The van der Waals surface area contributed by atoms with Gasteiger partial charge in [0.1, 0.15) is 5.82 Å². The van der Waals surface area contributed by atoms with Crippen molar-refractivity contribution < 1.29 is 9.47 Å². The first-order valence-electron chi connectivity index (χ1n) is 9.43. The summed E-state index contributed by atoms with van der Waals surface area (Å²) in [6.45, 7) is 4.18. The lowest BCUT2D eigenvalue weighted by molar-refractivity contribution is 0.254. The minimum atomic E-state index is 0.611. The molecular weight excluding hydrogens is 342 g/mol. The molecule has 0 aliphatic carbocycles. The molecule has 146 valence electrons. The molecule has 0 spiro atoms. The molecule has 7 nitrogen and oxygen atoms in total. The molecule has 0 atom stereocenters. The minimum absolute atomic E-state index is 0.611. The zero-order valence-corrected chi connectivity index (χ0v) is 16.1. The van der Waals surface area contributed by atoms with Crippen molar-refractivity contribution in [1.82, 2.24) is 9.88 Å². The SMILES string of the molecule is CNc1cc(Nc2ccc(OC)c(OCCCN3CCCC3)c2)ncc1N. The normalized spacial score (nSPS) is 14.1. The third-order valence-electron chi connectivity index (χ3n) is 4.72. The summed E-state index contributed by atoms with van der Waals surface area (Å²) in [5.74, 6) is 2.16. The largest absolute Gasteiger partial charge is 0.493 e. The van der Waals surface area contributed by atoms with Gasteiger partial charge < -0.3 is 30.7 Å². The van der Waals surface area contributed by atoms with Gasteiger partial charge in [-0.3, -0.25) is 0 Å². The van der Waals surface area contributed by atoms with Crippen LogP contribution in [0.3, 0.4) is 0 Å². The van der Waals surface area contributed by atoms with Gasteiger partial charge in [-0.1, -0.05) is 0 Å². The van der Waals surface area contributed by atoms with Gasteiger partial charge >= 0.3 is 0 Å². The number of nitrogens with two attached hydrogens (primary N) is 1. The van der Waals surface area contributed by atoms with Gasteiger partial charge in [0.05, 0.1) is 31.3 Å². The van der Waals surface area contributed by atoms with E-state index in [9.17, 15) is 0 Å². The van der Waals surface area contributed by atoms with Crippen molar-refractivity contribution in [3.63, 3.8) is 0 Å². The number of nitrogens with one attached hydrogen (secondary N) is 2. The van der Waals surface area contributed by atoms with E-state index in [4.69, 9.17) is 15.2 Å². The first-order valence-corrected chi connectivity index (χ1v) is 9.43. The molecule has 1 fully saturated rings. The van der Waals surface area contributed by atoms with Crippen LogP contribution in [0.25, 0.3) is 0 Å². The summed E-state index contributed by atoms with van der Waals surface area (Å²) in [5.41, 5.74) is 8.20. The van der Waals surface area contributed by atoms with E-state index >= 15 is 0 Å². The van der Waals surface area contributed by atoms with Gasteiger partial charge in [0.2, 0.25) is 0 Å². The summed E-state index contributed by atoms with van der Waals surface area (Å²) in [4.78, 5) is 6.81. The Labute approximate surface area is 160 Å². The molecule has 3 rings (SSSR count). The fraction of sp³-hybridized carbons (Fsp3) is 0.450. The molecule has 1 aromatic carbocycles. The predicted octanol–water partition coefficient (Wildman–Crippen LogP) is 3.32. The Kier molecular flexibility index (Phi) is 6.59. The fourth-order valence-corrected chi connectivity index (χ4v) is 3.24. The molecule has 0 radical (unpaired) electrons. The average Bonchev–Trinajstić information content (AvgIpc) is 3.20. The maximum absolute atomic E-state index is 5.99. The topological polar surface area (TPSA) is 84.7 Å². The Morgan fingerprint density at radius 1 is 1.19 bits per heavy atom. The predicted molar refractivity (Wildman–Crippen MR) is 110 cm³/mol. The standard InChI is InChI=1S/C20H29N5O2/c1-22-17-13-20(23-14-16(17)21)24-15-6-7-18(26-2)19(12-15)27-11-5-10-25-8-3-4-9-25/h6-7,12-14H,3-5,8-11,21H2,1-2H3,(H2,22,23,24). The third-order valence-corrected chi connectivity index (χ3v) is 4.72. The maximum atomic E-state index is 5.99. The maximum Gasteiger partial charge on any atom is 0.163 e. The lowest BCUT2D eigenvalue weighted by Crippen LogP contribution is -2.21. The Morgan fingerprint density at radius 2 is 2.00 bits per heavy atom. The van der Waals surface area contributed by atoms with Crippen molar-refractivity contribution in [2.24, 2.45) is 0 Å². The molecule has 2 heterocycles. The van der Waals surface area contributed by atoms with Gasteiger partial charge in [-0.15, -0.1) is 0 Å². The van der Waals surface area contributed by atoms with Crippen LogP contribution in [0.2, 0.25) is 0 Å². The molecule has 0 amide bonds. The number of benzene rings is 1. The molecule has 7 heteroatoms. The zero-order valence-electron chi connectivity index (χ0n) is 16.1. The molecule has 2 aromatic rings. The summed E-state index contributed by atoms with van der Waals surface area (Å²) in [6, 6.07) is 7.64. The first kappa shape index (κ1) is 19.1. The van der Waals surface area contributed by atoms with E-state index in [-0.39, 0.29) is 0 Å². The highest BCUT2D eigenvalue weighted by Crippen LogP contribution is 2.32. The summed E-state index contributed by atoms with van der Waals surface area (Å²) < 4.78 is 11.4. The van der Waals surface area contributed by atoms with Crippen LogP contribution in [0.15, 0.2) is 30.5 Å². The second-order valence-electron chi connectivity index (χ2n) is 6.65. The summed E-state index contributed by atoms with van der Waals surface area (Å²) >= 11 is 0. The van der Waals surface area contributed by atoms with Crippen LogP contribution in [-0.2, 0) is 0 Å². The van der Waals surface area contributed by atoms with E-state index in [1.54, 1.807) is 13.3 Å². The number of nitrogens with zero attached hydrogens (tertiary/aromatic N) is 2. The molecule has 0 saturated carbocycles. The number of pyridine rings is 1. The number of nitrogen functional groups attached to an aromatic ring is 1. The van der Waals surface area contributed by atoms with Gasteiger partial charge in [0.25, 0.3) is 0 Å². The average molecular weight is 371 g/mol. The van der Waals surface area contributed by atoms with Crippen LogP contribution < -0.4 is 25.8 Å². The van der Waals surface area contributed by atoms with E-state index < -0.39 is 0 Å². The minimum Gasteiger partial charge on any atom is -0.493 e. The van der Waals surface area contributed by atoms with Crippen LogP contribution in [0, 0.1) is 0 Å². The second kappa shape index (κ2) is 9.32. The lowest BCUT2D eigenvalue weighted by atomic mass is 10.2. The van der Waals surface area contributed by atoms with Gasteiger partial charge in [-0.2, -0.15) is 0 Å². The molecule has 27 heavy (non-hydrogen) atoms. The van der Waals surface area contributed by atoms with Crippen LogP contribution in [0.1, 0.15) is 19.3 Å². The van der Waals surface area contributed by atoms with Gasteiger partial charge in [0, 0.05) is 31.4 Å². The number of anilines is 4. The van der Waals surface area contributed by atoms with E-state index in [1.165, 1.54) is 25.9 Å². The van der Waals surface area contributed by atoms with Gasteiger partial charge in [0.15, 0.2) is 11.5 Å². The zero-order chi connectivity index (χ0) is 19.1. The molecular formula is C20H29N5O2. The van der Waals surface area contributed by atoms with Crippen molar-refractivity contribution in [2.45, 2.75) is 19.3 Å². The highest BCUT2D eigenvalue weighted by molar-refractivity contribution is 5.71. The second-order valence-corrected chi connectivity index (χ2v) is 6.65. The van der Waals surface area contributed by atoms with Crippen molar-refractivity contribution in [2.75, 3.05) is 56.8 Å². The quantitative estimate of drug-likeness (QED) is 0.583. The van der Waals surface area contributed by atoms with Crippen molar-refractivity contribution in [3.05, 3.63) is 30.5 Å². The van der Waals surface area contributed by atoms with Crippen LogP contribution in [0.4, 0.5) is 22.9 Å². The van der Waals surface area contributed by atoms with E-state index in [0.29, 0.717) is 18.1 Å². The number of hydrogen-bond donors (Lipinski definition) is 3. The van der Waals surface area contributed by atoms with Gasteiger partial charge in [-0.05, 0) is 44.5 Å². The number of aromatic nitrogens is 1. The lowest BCUT2D eigenvalue weighted by Gasteiger charge is -2.16. The Morgan fingerprint density at radius 3 is 2.74 bits per heavy atom. The molecule has 4 N–H and O–H groups in total. The number of rotatable bonds is 9. The number of methoxy groups -OCH3 is 1. The van der Waals surface area contributed by atoms with Crippen LogP contribution in [-0.4, -0.2) is 50.3 Å². The first-order chi connectivity index (χ1) is 13.2. The highest BCUT2D eigenvalue weighted by Gasteiger charge is 2.11. The summed E-state index contributed by atoms with van der Waals surface area (Å²) in [6.07, 6.45) is 5.27. The molecule has 0 unspecified atom stereocenters. The summed E-state index contributed by atoms with van der Waals surface area (Å²) in [5, 5.41) is 6.34. The van der Waals surface area contributed by atoms with Crippen molar-refractivity contribution in [1.29, 1.82) is 0 Å². The van der Waals surface area contributed by atoms with Gasteiger partial charge in [-0.25, -0.2) is 4.98 Å². The summed E-state index contributed by atoms with van der Waals surface area (Å²) in [7, 11) is 3.48. The fourth-order valence-electron chi connectivity index (χ4n) is 3.24. The van der Waals surface area contributed by atoms with Crippen LogP contribution >= 0.6 is 0 Å². The smallest absolute Gasteiger partial charge is 0.163 e. The van der Waals surface area contributed by atoms with Crippen molar-refractivity contribution in [3.8, 4) is 11.5 Å². The number of ether oxygens (including phenoxy) is 2. The van der Waals surface area contributed by atoms with Crippen LogP contribution in [0.5, 0.6) is 11.5 Å². The monoisotopic (exact) mass is 371 g/mol. The van der Waals surface area contributed by atoms with Crippen molar-refractivity contribution >= 4 is 22.9 Å². The number of hydrogen-bond acceptors (Lipinski definition) is 7. The highest BCUT2D eigenvalue weighted by atomic mass is 16.5. The third kappa shape index (κ3) is 5.17. The Hall–Kier alpha value is -2.67. The molecule has 0 bridgehead atoms. The van der Waals surface area contributed by atoms with E-state index in [2.05, 4.69) is 20.5 Å².